The van der Waals surface area contributed by atoms with Crippen LogP contribution in [0.3, 0.4) is 0 Å². The highest BCUT2D eigenvalue weighted by Gasteiger charge is 2.07. The number of hydrazone groups is 1. The van der Waals surface area contributed by atoms with Gasteiger partial charge in [0.25, 0.3) is 0 Å². The summed E-state index contributed by atoms with van der Waals surface area (Å²) in [6, 6.07) is 12.1. The van der Waals surface area contributed by atoms with E-state index in [1.807, 2.05) is 0 Å². The van der Waals surface area contributed by atoms with E-state index in [1.54, 1.807) is 31.2 Å². The maximum Gasteiger partial charge on any atom is 0.230 e. The molecule has 9 heteroatoms. The van der Waals surface area contributed by atoms with Gasteiger partial charge in [-0.25, -0.2) is 8.42 Å². The van der Waals surface area contributed by atoms with E-state index in [4.69, 9.17) is 11.6 Å². The average Bonchev–Trinajstić information content (AvgIpc) is 2.54. The normalized spacial score (nSPS) is 11.9. The van der Waals surface area contributed by atoms with E-state index in [0.717, 1.165) is 0 Å². The molecule has 2 aromatic rings. The highest BCUT2D eigenvalue weighted by molar-refractivity contribution is 7.85. The number of nitrogens with zero attached hydrogens (tertiary/aromatic N) is 1. The predicted molar refractivity (Wildman–Crippen MR) is 95.8 cm³/mol. The molecule has 0 aromatic heterocycles. The Bertz CT molecular complexity index is 896. The molecule has 1 amide bonds. The number of rotatable bonds is 6. The fourth-order valence-electron chi connectivity index (χ4n) is 1.88. The van der Waals surface area contributed by atoms with Crippen LogP contribution in [0.5, 0.6) is 0 Å². The number of halogens is 1. The first-order chi connectivity index (χ1) is 11.8. The fourth-order valence-corrected chi connectivity index (χ4v) is 2.54. The third kappa shape index (κ3) is 5.86. The Labute approximate surface area is 150 Å². The number of hydrogen-bond acceptors (Lipinski definition) is 6. The largest absolute Gasteiger partial charge is 0.744 e. The molecule has 7 nitrogen and oxygen atoms in total. The van der Waals surface area contributed by atoms with Crippen molar-refractivity contribution in [3.63, 3.8) is 0 Å². The van der Waals surface area contributed by atoms with Crippen LogP contribution < -0.4 is 10.7 Å². The van der Waals surface area contributed by atoms with Crippen LogP contribution >= 0.6 is 11.6 Å². The van der Waals surface area contributed by atoms with Crippen molar-refractivity contribution >= 4 is 44.7 Å². The Kier molecular flexibility index (Phi) is 6.13. The summed E-state index contributed by atoms with van der Waals surface area (Å²) in [5.41, 5.74) is 4.20. The summed E-state index contributed by atoms with van der Waals surface area (Å²) in [7, 11) is -4.48. The lowest BCUT2D eigenvalue weighted by Gasteiger charge is -2.08. The van der Waals surface area contributed by atoms with Crippen molar-refractivity contribution < 1.29 is 17.8 Å². The van der Waals surface area contributed by atoms with Crippen molar-refractivity contribution in [2.24, 2.45) is 5.10 Å². The molecule has 132 valence electrons. The van der Waals surface area contributed by atoms with Gasteiger partial charge in [0.2, 0.25) is 5.91 Å². The highest BCUT2D eigenvalue weighted by Crippen LogP contribution is 2.20. The van der Waals surface area contributed by atoms with Gasteiger partial charge in [-0.05, 0) is 43.3 Å². The van der Waals surface area contributed by atoms with Crippen molar-refractivity contribution in [2.45, 2.75) is 18.2 Å². The SMILES string of the molecule is CC(CC(=O)Nc1ccccc1Cl)=NNc1ccc(S(=O)(=O)[O-])cc1. The Hall–Kier alpha value is -2.42. The van der Waals surface area contributed by atoms with Gasteiger partial charge in [-0.2, -0.15) is 5.10 Å². The molecule has 0 saturated heterocycles. The summed E-state index contributed by atoms with van der Waals surface area (Å²) in [5.74, 6) is -0.274. The minimum absolute atomic E-state index is 0.0469. The van der Waals surface area contributed by atoms with Crippen LogP contribution in [0.15, 0.2) is 58.5 Å². The van der Waals surface area contributed by atoms with Crippen molar-refractivity contribution in [3.8, 4) is 0 Å². The molecule has 0 atom stereocenters. The number of benzene rings is 2. The van der Waals surface area contributed by atoms with Gasteiger partial charge in [-0.3, -0.25) is 10.2 Å². The first-order valence-electron chi connectivity index (χ1n) is 7.15. The van der Waals surface area contributed by atoms with E-state index in [0.29, 0.717) is 22.1 Å². The van der Waals surface area contributed by atoms with E-state index in [1.165, 1.54) is 24.3 Å². The summed E-state index contributed by atoms with van der Waals surface area (Å²) >= 11 is 5.97. The molecule has 2 N–H and O–H groups in total. The molecule has 25 heavy (non-hydrogen) atoms. The van der Waals surface area contributed by atoms with Crippen LogP contribution in [0.25, 0.3) is 0 Å². The number of carbonyl (C=O) groups is 1. The lowest BCUT2D eigenvalue weighted by Crippen LogP contribution is -2.15. The second-order valence-electron chi connectivity index (χ2n) is 5.14. The monoisotopic (exact) mass is 380 g/mol. The molecular weight excluding hydrogens is 366 g/mol. The third-order valence-electron chi connectivity index (χ3n) is 3.08. The average molecular weight is 381 g/mol. The topological polar surface area (TPSA) is 111 Å². The Morgan fingerprint density at radius 2 is 1.80 bits per heavy atom. The lowest BCUT2D eigenvalue weighted by atomic mass is 10.2. The fraction of sp³-hybridized carbons (Fsp3) is 0.125. The van der Waals surface area contributed by atoms with Gasteiger partial charge in [0, 0.05) is 5.71 Å². The molecule has 0 aliphatic heterocycles. The number of anilines is 2. The van der Waals surface area contributed by atoms with E-state index in [2.05, 4.69) is 15.8 Å². The van der Waals surface area contributed by atoms with Crippen molar-refractivity contribution in [2.75, 3.05) is 10.7 Å². The number of hydrogen-bond donors (Lipinski definition) is 2. The molecule has 0 saturated carbocycles. The van der Waals surface area contributed by atoms with Crippen LogP contribution in [0, 0.1) is 0 Å². The van der Waals surface area contributed by atoms with E-state index in [9.17, 15) is 17.8 Å². The van der Waals surface area contributed by atoms with E-state index >= 15 is 0 Å². The van der Waals surface area contributed by atoms with Gasteiger partial charge in [-0.1, -0.05) is 23.7 Å². The molecule has 0 unspecified atom stereocenters. The Morgan fingerprint density at radius 1 is 1.16 bits per heavy atom. The molecule has 0 aliphatic carbocycles. The van der Waals surface area contributed by atoms with Gasteiger partial charge in [0.15, 0.2) is 0 Å². The zero-order valence-electron chi connectivity index (χ0n) is 13.2. The number of nitrogens with one attached hydrogen (secondary N) is 2. The molecular formula is C16H15ClN3O4S-. The lowest BCUT2D eigenvalue weighted by molar-refractivity contribution is -0.115. The number of para-hydroxylation sites is 1. The molecule has 0 radical (unpaired) electrons. The van der Waals surface area contributed by atoms with Crippen LogP contribution in [0.2, 0.25) is 5.02 Å². The maximum absolute atomic E-state index is 12.0. The summed E-state index contributed by atoms with van der Waals surface area (Å²) < 4.78 is 32.5. The van der Waals surface area contributed by atoms with Crippen molar-refractivity contribution in [3.05, 3.63) is 53.6 Å². The van der Waals surface area contributed by atoms with Crippen LogP contribution in [-0.2, 0) is 14.9 Å². The molecule has 0 bridgehead atoms. The minimum atomic E-state index is -4.48. The molecule has 2 rings (SSSR count). The maximum atomic E-state index is 12.0. The summed E-state index contributed by atoms with van der Waals surface area (Å²) in [5, 5.41) is 7.16. The zero-order chi connectivity index (χ0) is 18.4. The summed E-state index contributed by atoms with van der Waals surface area (Å²) in [6.07, 6.45) is 0.0469. The van der Waals surface area contributed by atoms with Crippen LogP contribution in [0.1, 0.15) is 13.3 Å². The van der Waals surface area contributed by atoms with E-state index in [-0.39, 0.29) is 17.2 Å². The summed E-state index contributed by atoms with van der Waals surface area (Å²) in [6.45, 7) is 1.66. The van der Waals surface area contributed by atoms with Gasteiger partial charge in [0.1, 0.15) is 10.1 Å². The second-order valence-corrected chi connectivity index (χ2v) is 6.93. The van der Waals surface area contributed by atoms with Crippen molar-refractivity contribution in [1.82, 2.24) is 0 Å². The Balaban J connectivity index is 1.93. The number of carbonyl (C=O) groups excluding carboxylic acids is 1. The quantitative estimate of drug-likeness (QED) is 0.454. The van der Waals surface area contributed by atoms with E-state index < -0.39 is 10.1 Å². The van der Waals surface area contributed by atoms with Gasteiger partial charge < -0.3 is 9.87 Å². The first kappa shape index (κ1) is 18.9. The standard InChI is InChI=1S/C16H16ClN3O4S/c1-11(10-16(21)18-15-5-3-2-4-14(15)17)19-20-12-6-8-13(9-7-12)25(22,23)24/h2-9,20H,10H2,1H3,(H,18,21)(H,22,23,24)/p-1. The van der Waals surface area contributed by atoms with Gasteiger partial charge in [-0.15, -0.1) is 0 Å². The molecule has 0 spiro atoms. The Morgan fingerprint density at radius 3 is 2.40 bits per heavy atom. The van der Waals surface area contributed by atoms with Crippen LogP contribution in [-0.4, -0.2) is 24.6 Å². The molecule has 0 fully saturated rings. The third-order valence-corrected chi connectivity index (χ3v) is 4.26. The minimum Gasteiger partial charge on any atom is -0.744 e. The molecule has 2 aromatic carbocycles. The highest BCUT2D eigenvalue weighted by atomic mass is 35.5. The molecule has 0 heterocycles. The number of amides is 1. The predicted octanol–water partition coefficient (Wildman–Crippen LogP) is 3.06. The van der Waals surface area contributed by atoms with Crippen LogP contribution in [0.4, 0.5) is 11.4 Å². The summed E-state index contributed by atoms with van der Waals surface area (Å²) in [4.78, 5) is 11.6. The second kappa shape index (κ2) is 8.11. The first-order valence-corrected chi connectivity index (χ1v) is 8.94. The molecule has 0 aliphatic rings. The zero-order valence-corrected chi connectivity index (χ0v) is 14.8. The van der Waals surface area contributed by atoms with Gasteiger partial charge >= 0.3 is 0 Å². The van der Waals surface area contributed by atoms with Gasteiger partial charge in [0.05, 0.1) is 27.7 Å². The smallest absolute Gasteiger partial charge is 0.230 e. The van der Waals surface area contributed by atoms with Crippen molar-refractivity contribution in [1.29, 1.82) is 0 Å².